The van der Waals surface area contributed by atoms with Gasteiger partial charge >= 0.3 is 0 Å². The lowest BCUT2D eigenvalue weighted by Gasteiger charge is -2.27. The van der Waals surface area contributed by atoms with Crippen LogP contribution < -0.4 is 5.32 Å². The topological polar surface area (TPSA) is 49.4 Å². The van der Waals surface area contributed by atoms with Crippen molar-refractivity contribution in [1.82, 2.24) is 10.2 Å². The van der Waals surface area contributed by atoms with Gasteiger partial charge in [-0.15, -0.1) is 23.1 Å². The maximum absolute atomic E-state index is 12.4. The average molecular weight is 326 g/mol. The Morgan fingerprint density at radius 2 is 2.10 bits per heavy atom. The minimum atomic E-state index is -0.345. The summed E-state index contributed by atoms with van der Waals surface area (Å²) in [6, 6.07) is 3.67. The number of nitrogens with one attached hydrogen (secondary N) is 1. The Bertz CT molecular complexity index is 534. The van der Waals surface area contributed by atoms with Crippen molar-refractivity contribution in [3.63, 3.8) is 0 Å². The fourth-order valence-electron chi connectivity index (χ4n) is 2.19. The van der Waals surface area contributed by atoms with E-state index < -0.39 is 0 Å². The molecule has 1 aliphatic heterocycles. The van der Waals surface area contributed by atoms with Crippen molar-refractivity contribution in [3.05, 3.63) is 21.9 Å². The summed E-state index contributed by atoms with van der Waals surface area (Å²) in [7, 11) is 0. The molecule has 1 N–H and O–H groups in total. The average Bonchev–Trinajstić information content (AvgIpc) is 2.95. The van der Waals surface area contributed by atoms with Gasteiger partial charge in [0.25, 0.3) is 0 Å². The summed E-state index contributed by atoms with van der Waals surface area (Å²) in [4.78, 5) is 28.7. The lowest BCUT2D eigenvalue weighted by Crippen LogP contribution is -2.52. The van der Waals surface area contributed by atoms with Crippen molar-refractivity contribution in [1.29, 1.82) is 0 Å². The van der Waals surface area contributed by atoms with Gasteiger partial charge < -0.3 is 10.2 Å². The van der Waals surface area contributed by atoms with Gasteiger partial charge in [0.05, 0.1) is 12.3 Å². The molecule has 2 amide bonds. The molecule has 2 heterocycles. The number of aryl methyl sites for hydroxylation is 1. The first-order chi connectivity index (χ1) is 9.76. The third kappa shape index (κ3) is 4.48. The molecule has 4 nitrogen and oxygen atoms in total. The van der Waals surface area contributed by atoms with E-state index in [0.29, 0.717) is 18.1 Å². The van der Waals surface area contributed by atoms with Crippen molar-refractivity contribution in [2.24, 2.45) is 0 Å². The summed E-state index contributed by atoms with van der Waals surface area (Å²) >= 11 is 3.28. The van der Waals surface area contributed by atoms with Gasteiger partial charge in [0.15, 0.2) is 0 Å². The SMILES string of the molecule is Cc1ccc(CC(=O)N2CSC[C@@H]2C(=O)NC(C)(C)C)s1. The van der Waals surface area contributed by atoms with E-state index in [4.69, 9.17) is 0 Å². The molecular formula is C15H22N2O2S2. The van der Waals surface area contributed by atoms with Crippen LogP contribution in [0.1, 0.15) is 30.5 Å². The van der Waals surface area contributed by atoms with Crippen LogP contribution >= 0.6 is 23.1 Å². The largest absolute Gasteiger partial charge is 0.350 e. The molecule has 21 heavy (non-hydrogen) atoms. The van der Waals surface area contributed by atoms with Crippen LogP contribution in [0.5, 0.6) is 0 Å². The molecule has 0 saturated carbocycles. The number of hydrogen-bond acceptors (Lipinski definition) is 4. The number of nitrogens with zero attached hydrogens (tertiary/aromatic N) is 1. The van der Waals surface area contributed by atoms with Crippen LogP contribution in [0.3, 0.4) is 0 Å². The summed E-state index contributed by atoms with van der Waals surface area (Å²) < 4.78 is 0. The second kappa shape index (κ2) is 6.40. The van der Waals surface area contributed by atoms with Crippen molar-refractivity contribution in [2.75, 3.05) is 11.6 Å². The highest BCUT2D eigenvalue weighted by atomic mass is 32.2. The number of carbonyl (C=O) groups is 2. The number of thiophene rings is 1. The molecule has 0 aliphatic carbocycles. The van der Waals surface area contributed by atoms with E-state index in [9.17, 15) is 9.59 Å². The lowest BCUT2D eigenvalue weighted by atomic mass is 10.1. The molecule has 0 unspecified atom stereocenters. The molecule has 2 rings (SSSR count). The van der Waals surface area contributed by atoms with Gasteiger partial charge in [-0.25, -0.2) is 0 Å². The summed E-state index contributed by atoms with van der Waals surface area (Å²) in [6.07, 6.45) is 0.387. The van der Waals surface area contributed by atoms with Crippen molar-refractivity contribution >= 4 is 34.9 Å². The lowest BCUT2D eigenvalue weighted by molar-refractivity contribution is -0.138. The van der Waals surface area contributed by atoms with E-state index in [2.05, 4.69) is 5.32 Å². The van der Waals surface area contributed by atoms with Crippen LogP contribution in [0, 0.1) is 6.92 Å². The fraction of sp³-hybridized carbons (Fsp3) is 0.600. The minimum absolute atomic E-state index is 0.0379. The maximum atomic E-state index is 12.4. The first-order valence-electron chi connectivity index (χ1n) is 7.01. The zero-order valence-electron chi connectivity index (χ0n) is 12.9. The highest BCUT2D eigenvalue weighted by Crippen LogP contribution is 2.24. The molecule has 116 valence electrons. The maximum Gasteiger partial charge on any atom is 0.244 e. The monoisotopic (exact) mass is 326 g/mol. The number of rotatable bonds is 3. The molecule has 0 aromatic carbocycles. The molecule has 0 spiro atoms. The third-order valence-corrected chi connectivity index (χ3v) is 5.14. The van der Waals surface area contributed by atoms with Gasteiger partial charge in [-0.05, 0) is 39.8 Å². The Kier molecular flexibility index (Phi) is 4.99. The Labute approximate surface area is 134 Å². The van der Waals surface area contributed by atoms with Crippen LogP contribution in [-0.2, 0) is 16.0 Å². The van der Waals surface area contributed by atoms with E-state index >= 15 is 0 Å². The summed E-state index contributed by atoms with van der Waals surface area (Å²) in [6.45, 7) is 7.89. The molecule has 1 aromatic heterocycles. The van der Waals surface area contributed by atoms with Crippen molar-refractivity contribution < 1.29 is 9.59 Å². The first-order valence-corrected chi connectivity index (χ1v) is 8.98. The second-order valence-corrected chi connectivity index (χ2v) is 8.68. The van der Waals surface area contributed by atoms with E-state index in [1.54, 1.807) is 28.0 Å². The minimum Gasteiger partial charge on any atom is -0.350 e. The highest BCUT2D eigenvalue weighted by molar-refractivity contribution is 7.99. The van der Waals surface area contributed by atoms with Gasteiger partial charge in [0.2, 0.25) is 11.8 Å². The molecule has 6 heteroatoms. The van der Waals surface area contributed by atoms with Gasteiger partial charge in [-0.2, -0.15) is 0 Å². The summed E-state index contributed by atoms with van der Waals surface area (Å²) in [5.74, 6) is 1.27. The third-order valence-electron chi connectivity index (χ3n) is 3.12. The molecule has 0 radical (unpaired) electrons. The van der Waals surface area contributed by atoms with Crippen LogP contribution in [0.4, 0.5) is 0 Å². The van der Waals surface area contributed by atoms with Crippen molar-refractivity contribution in [3.8, 4) is 0 Å². The number of amides is 2. The van der Waals surface area contributed by atoms with E-state index in [-0.39, 0.29) is 23.4 Å². The van der Waals surface area contributed by atoms with Gasteiger partial charge in [0.1, 0.15) is 6.04 Å². The predicted octanol–water partition coefficient (Wildman–Crippen LogP) is 2.42. The number of hydrogen-bond donors (Lipinski definition) is 1. The second-order valence-electron chi connectivity index (χ2n) is 6.31. The zero-order valence-corrected chi connectivity index (χ0v) is 14.6. The number of carbonyl (C=O) groups excluding carboxylic acids is 2. The molecule has 1 aliphatic rings. The number of thioether (sulfide) groups is 1. The Balaban J connectivity index is 2.00. The van der Waals surface area contributed by atoms with E-state index in [0.717, 1.165) is 4.88 Å². The smallest absolute Gasteiger partial charge is 0.244 e. The molecule has 1 aromatic rings. The molecular weight excluding hydrogens is 304 g/mol. The summed E-state index contributed by atoms with van der Waals surface area (Å²) in [5.41, 5.74) is -0.274. The molecule has 1 atom stereocenters. The predicted molar refractivity (Wildman–Crippen MR) is 88.6 cm³/mol. The molecule has 1 fully saturated rings. The van der Waals surface area contributed by atoms with Crippen LogP contribution in [0.15, 0.2) is 12.1 Å². The quantitative estimate of drug-likeness (QED) is 0.928. The first kappa shape index (κ1) is 16.4. The zero-order chi connectivity index (χ0) is 15.6. The molecule has 0 bridgehead atoms. The van der Waals surface area contributed by atoms with Gasteiger partial charge in [-0.3, -0.25) is 9.59 Å². The van der Waals surface area contributed by atoms with Gasteiger partial charge in [0, 0.05) is 21.0 Å². The van der Waals surface area contributed by atoms with E-state index in [1.807, 2.05) is 39.8 Å². The Hall–Kier alpha value is -1.01. The van der Waals surface area contributed by atoms with Crippen LogP contribution in [-0.4, -0.2) is 39.9 Å². The van der Waals surface area contributed by atoms with Gasteiger partial charge in [-0.1, -0.05) is 0 Å². The van der Waals surface area contributed by atoms with Crippen LogP contribution in [0.25, 0.3) is 0 Å². The molecule has 1 saturated heterocycles. The Morgan fingerprint density at radius 3 is 2.67 bits per heavy atom. The fourth-order valence-corrected chi connectivity index (χ4v) is 4.25. The van der Waals surface area contributed by atoms with Crippen molar-refractivity contribution in [2.45, 2.75) is 45.7 Å². The van der Waals surface area contributed by atoms with E-state index in [1.165, 1.54) is 4.88 Å². The standard InChI is InChI=1S/C15H22N2O2S2/c1-10-5-6-11(21-10)7-13(18)17-9-20-8-12(17)14(19)16-15(2,3)4/h5-6,12H,7-9H2,1-4H3,(H,16,19)/t12-/m1/s1. The normalized spacial score (nSPS) is 18.9. The highest BCUT2D eigenvalue weighted by Gasteiger charge is 2.35. The van der Waals surface area contributed by atoms with Crippen LogP contribution in [0.2, 0.25) is 0 Å². The summed E-state index contributed by atoms with van der Waals surface area (Å²) in [5, 5.41) is 2.97. The Morgan fingerprint density at radius 1 is 1.38 bits per heavy atom.